The van der Waals surface area contributed by atoms with Crippen molar-refractivity contribution in [2.75, 3.05) is 18.2 Å². The van der Waals surface area contributed by atoms with Gasteiger partial charge in [0.15, 0.2) is 0 Å². The van der Waals surface area contributed by atoms with Crippen LogP contribution in [-0.4, -0.2) is 37.3 Å². The van der Waals surface area contributed by atoms with Gasteiger partial charge in [-0.3, -0.25) is 0 Å². The number of halogens is 1. The van der Waals surface area contributed by atoms with Crippen LogP contribution < -0.4 is 4.72 Å². The second-order valence-electron chi connectivity index (χ2n) is 4.11. The van der Waals surface area contributed by atoms with Crippen molar-refractivity contribution in [1.82, 2.24) is 4.72 Å². The first-order valence-corrected chi connectivity index (χ1v) is 7.41. The molecule has 0 aromatic rings. The third-order valence-electron chi connectivity index (χ3n) is 2.78. The van der Waals surface area contributed by atoms with E-state index in [0.717, 1.165) is 25.7 Å². The highest BCUT2D eigenvalue weighted by Gasteiger charge is 2.36. The van der Waals surface area contributed by atoms with E-state index in [1.54, 1.807) is 0 Å². The molecule has 0 spiro atoms. The third kappa shape index (κ3) is 3.90. The summed E-state index contributed by atoms with van der Waals surface area (Å²) in [6, 6.07) is 0. The Morgan fingerprint density at radius 1 is 1.33 bits per heavy atom. The molecule has 1 rings (SSSR count). The van der Waals surface area contributed by atoms with Crippen LogP contribution in [0.1, 0.15) is 32.1 Å². The monoisotopic (exact) mass is 255 g/mol. The van der Waals surface area contributed by atoms with E-state index >= 15 is 0 Å². The second-order valence-corrected chi connectivity index (χ2v) is 6.33. The van der Waals surface area contributed by atoms with Gasteiger partial charge < -0.3 is 5.11 Å². The van der Waals surface area contributed by atoms with Gasteiger partial charge in [-0.05, 0) is 19.3 Å². The van der Waals surface area contributed by atoms with Crippen LogP contribution in [0.4, 0.5) is 0 Å². The molecule has 15 heavy (non-hydrogen) atoms. The predicted molar refractivity (Wildman–Crippen MR) is 60.5 cm³/mol. The Balaban J connectivity index is 2.58. The minimum Gasteiger partial charge on any atom is -0.394 e. The lowest BCUT2D eigenvalue weighted by molar-refractivity contribution is 0.185. The molecule has 0 amide bonds. The molecule has 1 aliphatic carbocycles. The lowest BCUT2D eigenvalue weighted by atomic mass is 10.0. The van der Waals surface area contributed by atoms with Gasteiger partial charge in [-0.2, -0.15) is 0 Å². The van der Waals surface area contributed by atoms with Gasteiger partial charge in [-0.25, -0.2) is 13.1 Å². The Bertz CT molecular complexity index is 286. The minimum atomic E-state index is -3.29. The van der Waals surface area contributed by atoms with E-state index in [-0.39, 0.29) is 12.4 Å². The Labute approximate surface area is 96.1 Å². The Kier molecular flexibility index (Phi) is 4.83. The number of alkyl halides is 1. The zero-order valence-corrected chi connectivity index (χ0v) is 10.3. The molecule has 0 saturated heterocycles. The summed E-state index contributed by atoms with van der Waals surface area (Å²) in [5.74, 6) is 0.380. The summed E-state index contributed by atoms with van der Waals surface area (Å²) < 4.78 is 25.9. The van der Waals surface area contributed by atoms with Gasteiger partial charge in [-0.1, -0.05) is 12.8 Å². The fraction of sp³-hybridized carbons (Fsp3) is 1.00. The average Bonchev–Trinajstić information content (AvgIpc) is 2.63. The number of hydrogen-bond acceptors (Lipinski definition) is 3. The second kappa shape index (κ2) is 5.48. The number of sulfonamides is 1. The molecule has 6 heteroatoms. The van der Waals surface area contributed by atoms with Crippen LogP contribution in [0.25, 0.3) is 0 Å². The first-order chi connectivity index (χ1) is 7.04. The zero-order chi connectivity index (χ0) is 11.4. The van der Waals surface area contributed by atoms with Crippen LogP contribution in [0.5, 0.6) is 0 Å². The maximum atomic E-state index is 11.6. The van der Waals surface area contributed by atoms with Crippen LogP contribution in [0, 0.1) is 0 Å². The fourth-order valence-corrected chi connectivity index (χ4v) is 3.82. The van der Waals surface area contributed by atoms with Crippen molar-refractivity contribution in [1.29, 1.82) is 0 Å². The predicted octanol–water partition coefficient (Wildman–Crippen LogP) is 0.840. The summed E-state index contributed by atoms with van der Waals surface area (Å²) in [5.41, 5.74) is -0.606. The number of rotatable bonds is 6. The number of aliphatic hydroxyl groups excluding tert-OH is 1. The summed E-state index contributed by atoms with van der Waals surface area (Å²) in [5, 5.41) is 9.25. The largest absolute Gasteiger partial charge is 0.394 e. The summed E-state index contributed by atoms with van der Waals surface area (Å²) in [6.45, 7) is -0.118. The van der Waals surface area contributed by atoms with E-state index in [1.165, 1.54) is 0 Å². The zero-order valence-electron chi connectivity index (χ0n) is 8.71. The van der Waals surface area contributed by atoms with Crippen molar-refractivity contribution in [3.05, 3.63) is 0 Å². The van der Waals surface area contributed by atoms with Gasteiger partial charge in [0, 0.05) is 5.88 Å². The van der Waals surface area contributed by atoms with Crippen molar-refractivity contribution in [3.8, 4) is 0 Å². The van der Waals surface area contributed by atoms with Gasteiger partial charge >= 0.3 is 0 Å². The standard InChI is InChI=1S/C9H18ClNO3S/c10-6-3-7-15(13,14)11-9(8-12)4-1-2-5-9/h11-12H,1-8H2. The summed E-state index contributed by atoms with van der Waals surface area (Å²) in [4.78, 5) is 0. The SMILES string of the molecule is O=S(=O)(CCCCl)NC1(CO)CCCC1. The van der Waals surface area contributed by atoms with Crippen molar-refractivity contribution >= 4 is 21.6 Å². The Morgan fingerprint density at radius 3 is 2.40 bits per heavy atom. The Morgan fingerprint density at radius 2 is 1.93 bits per heavy atom. The van der Waals surface area contributed by atoms with Gasteiger partial charge in [-0.15, -0.1) is 11.6 Å². The smallest absolute Gasteiger partial charge is 0.212 e. The molecule has 1 aliphatic rings. The summed E-state index contributed by atoms with van der Waals surface area (Å²) in [7, 11) is -3.29. The number of aliphatic hydroxyl groups is 1. The first kappa shape index (κ1) is 13.2. The molecule has 0 aliphatic heterocycles. The van der Waals surface area contributed by atoms with Crippen LogP contribution in [0.2, 0.25) is 0 Å². The lowest BCUT2D eigenvalue weighted by Gasteiger charge is -2.27. The van der Waals surface area contributed by atoms with E-state index < -0.39 is 15.6 Å². The quantitative estimate of drug-likeness (QED) is 0.692. The van der Waals surface area contributed by atoms with E-state index in [4.69, 9.17) is 11.6 Å². The molecular formula is C9H18ClNO3S. The molecule has 0 heterocycles. The highest BCUT2D eigenvalue weighted by Crippen LogP contribution is 2.29. The van der Waals surface area contributed by atoms with Crippen molar-refractivity contribution < 1.29 is 13.5 Å². The van der Waals surface area contributed by atoms with Crippen molar-refractivity contribution in [2.24, 2.45) is 0 Å². The molecule has 1 saturated carbocycles. The maximum Gasteiger partial charge on any atom is 0.212 e. The van der Waals surface area contributed by atoms with Gasteiger partial charge in [0.1, 0.15) is 0 Å². The molecule has 0 aromatic carbocycles. The number of nitrogens with one attached hydrogen (secondary N) is 1. The van der Waals surface area contributed by atoms with Gasteiger partial charge in [0.2, 0.25) is 10.0 Å². The average molecular weight is 256 g/mol. The van der Waals surface area contributed by atoms with E-state index in [1.807, 2.05) is 0 Å². The van der Waals surface area contributed by atoms with Crippen molar-refractivity contribution in [3.63, 3.8) is 0 Å². The first-order valence-electron chi connectivity index (χ1n) is 5.22. The molecule has 2 N–H and O–H groups in total. The Hall–Kier alpha value is 0.160. The van der Waals surface area contributed by atoms with Crippen LogP contribution in [0.15, 0.2) is 0 Å². The fourth-order valence-electron chi connectivity index (χ4n) is 1.97. The summed E-state index contributed by atoms with van der Waals surface area (Å²) >= 11 is 5.45. The highest BCUT2D eigenvalue weighted by molar-refractivity contribution is 7.89. The lowest BCUT2D eigenvalue weighted by Crippen LogP contribution is -2.49. The molecule has 0 atom stereocenters. The summed E-state index contributed by atoms with van der Waals surface area (Å²) in [6.07, 6.45) is 3.84. The molecule has 0 aromatic heterocycles. The molecule has 0 unspecified atom stereocenters. The minimum absolute atomic E-state index is 0.0399. The van der Waals surface area contributed by atoms with Crippen LogP contribution >= 0.6 is 11.6 Å². The topological polar surface area (TPSA) is 66.4 Å². The molecular weight excluding hydrogens is 238 g/mol. The molecule has 0 radical (unpaired) electrons. The van der Waals surface area contributed by atoms with Crippen molar-refractivity contribution in [2.45, 2.75) is 37.6 Å². The van der Waals surface area contributed by atoms with Crippen LogP contribution in [-0.2, 0) is 10.0 Å². The van der Waals surface area contributed by atoms with E-state index in [9.17, 15) is 13.5 Å². The van der Waals surface area contributed by atoms with E-state index in [2.05, 4.69) is 4.72 Å². The molecule has 4 nitrogen and oxygen atoms in total. The number of hydrogen-bond donors (Lipinski definition) is 2. The van der Waals surface area contributed by atoms with Gasteiger partial charge in [0.05, 0.1) is 17.9 Å². The van der Waals surface area contributed by atoms with Gasteiger partial charge in [0.25, 0.3) is 0 Å². The molecule has 1 fully saturated rings. The third-order valence-corrected chi connectivity index (χ3v) is 4.62. The molecule has 0 bridgehead atoms. The normalized spacial score (nSPS) is 20.7. The van der Waals surface area contributed by atoms with E-state index in [0.29, 0.717) is 12.3 Å². The maximum absolute atomic E-state index is 11.6. The molecule has 90 valence electrons. The highest BCUT2D eigenvalue weighted by atomic mass is 35.5. The van der Waals surface area contributed by atoms with Crippen LogP contribution in [0.3, 0.4) is 0 Å².